The molecule has 88 valence electrons. The summed E-state index contributed by atoms with van der Waals surface area (Å²) >= 11 is 0. The average Bonchev–Trinajstić information content (AvgIpc) is 2.64. The molecule has 0 radical (unpaired) electrons. The van der Waals surface area contributed by atoms with Gasteiger partial charge in [-0.05, 0) is 37.3 Å². The van der Waals surface area contributed by atoms with Crippen molar-refractivity contribution in [3.8, 4) is 0 Å². The van der Waals surface area contributed by atoms with Gasteiger partial charge >= 0.3 is 0 Å². The first-order valence-electron chi connectivity index (χ1n) is 5.47. The summed E-state index contributed by atoms with van der Waals surface area (Å²) < 4.78 is 24.0. The third kappa shape index (κ3) is 2.59. The van der Waals surface area contributed by atoms with Crippen LogP contribution in [0.15, 0.2) is 29.4 Å². The van der Waals surface area contributed by atoms with E-state index in [0.717, 1.165) is 19.3 Å². The van der Waals surface area contributed by atoms with Crippen molar-refractivity contribution >= 4 is 9.84 Å². The number of sulfone groups is 1. The van der Waals surface area contributed by atoms with Gasteiger partial charge in [-0.25, -0.2) is 13.4 Å². The lowest BCUT2D eigenvalue weighted by atomic mass is 10.1. The highest BCUT2D eigenvalue weighted by Crippen LogP contribution is 2.26. The fraction of sp³-hybridized carbons (Fsp3) is 0.545. The maximum absolute atomic E-state index is 12.0. The molecule has 16 heavy (non-hydrogen) atoms. The van der Waals surface area contributed by atoms with Crippen molar-refractivity contribution in [2.75, 3.05) is 5.75 Å². The third-order valence-corrected chi connectivity index (χ3v) is 4.78. The number of nitrogens with two attached hydrogens (primary N) is 1. The Labute approximate surface area is 95.8 Å². The van der Waals surface area contributed by atoms with Crippen LogP contribution < -0.4 is 5.73 Å². The maximum Gasteiger partial charge on any atom is 0.195 e. The largest absolute Gasteiger partial charge is 0.328 e. The van der Waals surface area contributed by atoms with E-state index in [2.05, 4.69) is 4.98 Å². The lowest BCUT2D eigenvalue weighted by molar-refractivity contribution is 0.550. The molecule has 1 aliphatic carbocycles. The van der Waals surface area contributed by atoms with Crippen molar-refractivity contribution in [2.45, 2.75) is 30.3 Å². The lowest BCUT2D eigenvalue weighted by Gasteiger charge is -2.09. The number of nitrogens with zero attached hydrogens (tertiary/aromatic N) is 1. The summed E-state index contributed by atoms with van der Waals surface area (Å²) in [6.07, 6.45) is 4.16. The van der Waals surface area contributed by atoms with Crippen molar-refractivity contribution < 1.29 is 8.42 Å². The van der Waals surface area contributed by atoms with Gasteiger partial charge in [0.05, 0.1) is 5.75 Å². The topological polar surface area (TPSA) is 73.1 Å². The van der Waals surface area contributed by atoms with Gasteiger partial charge in [0.1, 0.15) is 0 Å². The van der Waals surface area contributed by atoms with E-state index in [4.69, 9.17) is 5.73 Å². The number of hydrogen-bond donors (Lipinski definition) is 1. The quantitative estimate of drug-likeness (QED) is 0.855. The molecule has 0 unspecified atom stereocenters. The predicted octanol–water partition coefficient (Wildman–Crippen LogP) is 0.983. The van der Waals surface area contributed by atoms with Crippen molar-refractivity contribution in [3.63, 3.8) is 0 Å². The van der Waals surface area contributed by atoms with E-state index >= 15 is 0 Å². The van der Waals surface area contributed by atoms with Crippen LogP contribution in [-0.4, -0.2) is 25.2 Å². The van der Waals surface area contributed by atoms with Crippen LogP contribution in [-0.2, 0) is 9.84 Å². The van der Waals surface area contributed by atoms with E-state index in [1.807, 2.05) is 0 Å². The first kappa shape index (κ1) is 11.5. The van der Waals surface area contributed by atoms with Gasteiger partial charge in [0.25, 0.3) is 0 Å². The zero-order valence-corrected chi connectivity index (χ0v) is 9.86. The molecule has 0 amide bonds. The minimum atomic E-state index is -3.23. The minimum Gasteiger partial charge on any atom is -0.328 e. The van der Waals surface area contributed by atoms with E-state index < -0.39 is 9.84 Å². The first-order chi connectivity index (χ1) is 7.58. The maximum atomic E-state index is 12.0. The van der Waals surface area contributed by atoms with Gasteiger partial charge in [0.15, 0.2) is 14.9 Å². The van der Waals surface area contributed by atoms with Gasteiger partial charge in [0.2, 0.25) is 0 Å². The fourth-order valence-corrected chi connectivity index (χ4v) is 3.79. The molecule has 2 N–H and O–H groups in total. The molecule has 4 nitrogen and oxygen atoms in total. The van der Waals surface area contributed by atoms with E-state index in [-0.39, 0.29) is 22.7 Å². The summed E-state index contributed by atoms with van der Waals surface area (Å²) in [6, 6.07) is 5.12. The highest BCUT2D eigenvalue weighted by atomic mass is 32.2. The Hall–Kier alpha value is -0.940. The van der Waals surface area contributed by atoms with Crippen LogP contribution in [0.3, 0.4) is 0 Å². The van der Waals surface area contributed by atoms with Crippen LogP contribution in [0.4, 0.5) is 0 Å². The van der Waals surface area contributed by atoms with Crippen molar-refractivity contribution in [1.82, 2.24) is 4.98 Å². The summed E-state index contributed by atoms with van der Waals surface area (Å²) in [4.78, 5) is 3.89. The normalized spacial score (nSPS) is 25.8. The predicted molar refractivity (Wildman–Crippen MR) is 61.6 cm³/mol. The van der Waals surface area contributed by atoms with Crippen LogP contribution in [0.1, 0.15) is 19.3 Å². The monoisotopic (exact) mass is 240 g/mol. The molecular weight excluding hydrogens is 224 g/mol. The zero-order chi connectivity index (χ0) is 11.6. The number of aromatic nitrogens is 1. The molecule has 1 aliphatic rings. The lowest BCUT2D eigenvalue weighted by Crippen LogP contribution is -2.19. The highest BCUT2D eigenvalue weighted by Gasteiger charge is 2.28. The summed E-state index contributed by atoms with van der Waals surface area (Å²) in [5, 5.41) is 0.176. The SMILES string of the molecule is N[C@H]1CC[C@@H](CS(=O)(=O)c2ccccn2)C1. The second kappa shape index (κ2) is 4.51. The molecule has 0 bridgehead atoms. The zero-order valence-electron chi connectivity index (χ0n) is 9.04. The Bertz CT molecular complexity index is 444. The molecule has 1 heterocycles. The summed E-state index contributed by atoms with van der Waals surface area (Å²) in [7, 11) is -3.23. The van der Waals surface area contributed by atoms with Gasteiger partial charge in [-0.1, -0.05) is 6.07 Å². The van der Waals surface area contributed by atoms with Gasteiger partial charge in [-0.15, -0.1) is 0 Å². The van der Waals surface area contributed by atoms with Crippen LogP contribution in [0, 0.1) is 5.92 Å². The van der Waals surface area contributed by atoms with E-state index in [0.29, 0.717) is 0 Å². The van der Waals surface area contributed by atoms with Gasteiger partial charge in [-0.3, -0.25) is 0 Å². The van der Waals surface area contributed by atoms with Crippen LogP contribution in [0.2, 0.25) is 0 Å². The summed E-state index contributed by atoms with van der Waals surface area (Å²) in [5.41, 5.74) is 5.77. The second-order valence-electron chi connectivity index (χ2n) is 4.39. The Morgan fingerprint density at radius 1 is 1.38 bits per heavy atom. The minimum absolute atomic E-state index is 0.170. The third-order valence-electron chi connectivity index (χ3n) is 2.99. The molecule has 0 aliphatic heterocycles. The van der Waals surface area contributed by atoms with Gasteiger partial charge < -0.3 is 5.73 Å². The Kier molecular flexibility index (Phi) is 3.25. The summed E-state index contributed by atoms with van der Waals surface area (Å²) in [6.45, 7) is 0. The molecular formula is C11H16N2O2S. The standard InChI is InChI=1S/C11H16N2O2S/c12-10-5-4-9(7-10)8-16(14,15)11-3-1-2-6-13-11/h1-3,6,9-10H,4-5,7-8,12H2/t9-,10+/m1/s1. The molecule has 5 heteroatoms. The smallest absolute Gasteiger partial charge is 0.195 e. The number of pyridine rings is 1. The van der Waals surface area contributed by atoms with E-state index in [9.17, 15) is 8.42 Å². The highest BCUT2D eigenvalue weighted by molar-refractivity contribution is 7.91. The Morgan fingerprint density at radius 3 is 2.75 bits per heavy atom. The molecule has 1 saturated carbocycles. The molecule has 0 aromatic carbocycles. The Morgan fingerprint density at radius 2 is 2.19 bits per heavy atom. The van der Waals surface area contributed by atoms with Gasteiger partial charge in [0, 0.05) is 12.2 Å². The van der Waals surface area contributed by atoms with Crippen LogP contribution >= 0.6 is 0 Å². The first-order valence-corrected chi connectivity index (χ1v) is 7.12. The van der Waals surface area contributed by atoms with Crippen molar-refractivity contribution in [1.29, 1.82) is 0 Å². The Balaban J connectivity index is 2.09. The molecule has 2 rings (SSSR count). The molecule has 1 aromatic rings. The van der Waals surface area contributed by atoms with Gasteiger partial charge in [-0.2, -0.15) is 0 Å². The molecule has 0 spiro atoms. The summed E-state index contributed by atoms with van der Waals surface area (Å²) in [5.74, 6) is 0.375. The van der Waals surface area contributed by atoms with Crippen LogP contribution in [0.5, 0.6) is 0 Å². The number of rotatable bonds is 3. The van der Waals surface area contributed by atoms with E-state index in [1.165, 1.54) is 6.20 Å². The van der Waals surface area contributed by atoms with Crippen molar-refractivity contribution in [3.05, 3.63) is 24.4 Å². The van der Waals surface area contributed by atoms with Crippen molar-refractivity contribution in [2.24, 2.45) is 11.7 Å². The van der Waals surface area contributed by atoms with E-state index in [1.54, 1.807) is 18.2 Å². The molecule has 1 aromatic heterocycles. The molecule has 0 saturated heterocycles. The molecule has 1 fully saturated rings. The number of hydrogen-bond acceptors (Lipinski definition) is 4. The second-order valence-corrected chi connectivity index (χ2v) is 6.37. The fourth-order valence-electron chi connectivity index (χ4n) is 2.19. The average molecular weight is 240 g/mol. The van der Waals surface area contributed by atoms with Crippen LogP contribution in [0.25, 0.3) is 0 Å². The molecule has 2 atom stereocenters.